The van der Waals surface area contributed by atoms with E-state index in [0.29, 0.717) is 4.90 Å². The molecule has 1 atom stereocenters. The van der Waals surface area contributed by atoms with E-state index in [9.17, 15) is 19.2 Å². The number of hydrogen-bond acceptors (Lipinski definition) is 5. The molecule has 112 valence electrons. The van der Waals surface area contributed by atoms with Crippen LogP contribution in [0.4, 0.5) is 4.79 Å². The minimum atomic E-state index is -1.30. The van der Waals surface area contributed by atoms with Crippen molar-refractivity contribution in [3.8, 4) is 0 Å². The maximum Gasteiger partial charge on any atom is 0.326 e. The molecule has 9 heteroatoms. The van der Waals surface area contributed by atoms with Crippen LogP contribution in [0.1, 0.15) is 20.3 Å². The van der Waals surface area contributed by atoms with Crippen molar-refractivity contribution in [2.45, 2.75) is 31.8 Å². The van der Waals surface area contributed by atoms with Gasteiger partial charge in [-0.1, -0.05) is 0 Å². The first-order valence-corrected chi connectivity index (χ1v) is 5.96. The number of rotatable bonds is 6. The number of carbonyl (C=O) groups is 4. The minimum Gasteiger partial charge on any atom is -0.480 e. The third-order valence-electron chi connectivity index (χ3n) is 2.80. The molecule has 20 heavy (non-hydrogen) atoms. The number of nitrogens with zero attached hydrogens (tertiary/aromatic N) is 1. The average Bonchev–Trinajstić information content (AvgIpc) is 2.51. The van der Waals surface area contributed by atoms with Gasteiger partial charge >= 0.3 is 12.0 Å². The van der Waals surface area contributed by atoms with E-state index in [1.54, 1.807) is 0 Å². The number of hydrogen-bond donors (Lipinski definition) is 4. The Hall–Kier alpha value is -2.16. The summed E-state index contributed by atoms with van der Waals surface area (Å²) in [7, 11) is 0. The Kier molecular flexibility index (Phi) is 4.66. The molecule has 0 aromatic heterocycles. The summed E-state index contributed by atoms with van der Waals surface area (Å²) in [5, 5.41) is 22.0. The van der Waals surface area contributed by atoms with Crippen molar-refractivity contribution in [1.82, 2.24) is 15.5 Å². The number of urea groups is 1. The second kappa shape index (κ2) is 5.87. The number of amides is 4. The fourth-order valence-corrected chi connectivity index (χ4v) is 1.73. The lowest BCUT2D eigenvalue weighted by molar-refractivity contribution is -0.142. The highest BCUT2D eigenvalue weighted by Gasteiger charge is 2.45. The number of aliphatic hydroxyl groups excluding tert-OH is 1. The summed E-state index contributed by atoms with van der Waals surface area (Å²) in [6.45, 7) is 2.02. The molecule has 1 aliphatic heterocycles. The molecule has 9 nitrogen and oxygen atoms in total. The molecule has 0 unspecified atom stereocenters. The average molecular weight is 287 g/mol. The molecular formula is C11H17N3O6. The first-order chi connectivity index (χ1) is 9.19. The van der Waals surface area contributed by atoms with Crippen LogP contribution in [0.5, 0.6) is 0 Å². The fraction of sp³-hybridized carbons (Fsp3) is 0.636. The van der Waals surface area contributed by atoms with Crippen LogP contribution in [0, 0.1) is 0 Å². The number of aliphatic carboxylic acids is 1. The molecule has 0 aromatic rings. The highest BCUT2D eigenvalue weighted by molar-refractivity contribution is 6.08. The van der Waals surface area contributed by atoms with Crippen molar-refractivity contribution in [3.63, 3.8) is 0 Å². The third-order valence-corrected chi connectivity index (χ3v) is 2.80. The van der Waals surface area contributed by atoms with E-state index < -0.39 is 48.5 Å². The zero-order chi connectivity index (χ0) is 15.5. The van der Waals surface area contributed by atoms with Crippen LogP contribution in [-0.4, -0.2) is 63.7 Å². The summed E-state index contributed by atoms with van der Waals surface area (Å²) in [5.74, 6) is -2.65. The quantitative estimate of drug-likeness (QED) is 0.428. The summed E-state index contributed by atoms with van der Waals surface area (Å²) in [4.78, 5) is 46.5. The van der Waals surface area contributed by atoms with Crippen LogP contribution in [-0.2, 0) is 14.4 Å². The van der Waals surface area contributed by atoms with E-state index >= 15 is 0 Å². The lowest BCUT2D eigenvalue weighted by Crippen LogP contribution is -2.48. The van der Waals surface area contributed by atoms with Gasteiger partial charge < -0.3 is 20.8 Å². The Morgan fingerprint density at radius 3 is 2.40 bits per heavy atom. The highest BCUT2D eigenvalue weighted by atomic mass is 16.4. The van der Waals surface area contributed by atoms with Crippen LogP contribution in [0.15, 0.2) is 0 Å². The van der Waals surface area contributed by atoms with Gasteiger partial charge in [-0.25, -0.2) is 9.59 Å². The van der Waals surface area contributed by atoms with E-state index in [4.69, 9.17) is 10.2 Å². The Morgan fingerprint density at radius 1 is 1.40 bits per heavy atom. The van der Waals surface area contributed by atoms with Crippen molar-refractivity contribution >= 4 is 23.8 Å². The molecule has 1 heterocycles. The Labute approximate surface area is 114 Å². The van der Waals surface area contributed by atoms with Gasteiger partial charge in [-0.2, -0.15) is 0 Å². The van der Waals surface area contributed by atoms with E-state index in [1.165, 1.54) is 13.8 Å². The number of aliphatic hydroxyl groups is 1. The van der Waals surface area contributed by atoms with Crippen molar-refractivity contribution in [2.75, 3.05) is 13.2 Å². The number of imide groups is 1. The summed E-state index contributed by atoms with van der Waals surface area (Å²) in [5.41, 5.74) is -1.09. The van der Waals surface area contributed by atoms with Gasteiger partial charge in [-0.3, -0.25) is 14.5 Å². The molecule has 1 aliphatic rings. The van der Waals surface area contributed by atoms with Gasteiger partial charge in [0.15, 0.2) is 0 Å². The third kappa shape index (κ3) is 3.44. The molecular weight excluding hydrogens is 270 g/mol. The first-order valence-electron chi connectivity index (χ1n) is 5.96. The first kappa shape index (κ1) is 15.9. The molecule has 4 amide bonds. The molecule has 0 spiro atoms. The van der Waals surface area contributed by atoms with E-state index in [0.717, 1.165) is 0 Å². The zero-order valence-electron chi connectivity index (χ0n) is 11.2. The number of carboxylic acids is 1. The number of carboxylic acid groups (broad SMARTS) is 1. The number of carbonyl (C=O) groups excluding carboxylic acids is 3. The van der Waals surface area contributed by atoms with Gasteiger partial charge in [0, 0.05) is 13.0 Å². The van der Waals surface area contributed by atoms with Crippen LogP contribution in [0.2, 0.25) is 0 Å². The van der Waals surface area contributed by atoms with Gasteiger partial charge in [-0.05, 0) is 13.8 Å². The molecule has 0 aliphatic carbocycles. The fourth-order valence-electron chi connectivity index (χ4n) is 1.73. The van der Waals surface area contributed by atoms with Gasteiger partial charge in [0.1, 0.15) is 18.1 Å². The van der Waals surface area contributed by atoms with Gasteiger partial charge in [0.05, 0.1) is 0 Å². The molecule has 4 N–H and O–H groups in total. The summed E-state index contributed by atoms with van der Waals surface area (Å²) >= 11 is 0. The lowest BCUT2D eigenvalue weighted by atomic mass is 10.1. The Balaban J connectivity index is 2.65. The highest BCUT2D eigenvalue weighted by Crippen LogP contribution is 2.15. The molecule has 0 aromatic carbocycles. The Bertz CT molecular complexity index is 447. The van der Waals surface area contributed by atoms with Crippen molar-refractivity contribution < 1.29 is 29.4 Å². The van der Waals surface area contributed by atoms with Crippen LogP contribution >= 0.6 is 0 Å². The zero-order valence-corrected chi connectivity index (χ0v) is 11.2. The SMILES string of the molecule is CC1(C)NC(=O)N(CC(=O)N[C@H](CCO)C(=O)O)C1=O. The maximum absolute atomic E-state index is 11.8. The van der Waals surface area contributed by atoms with Gasteiger partial charge in [0.2, 0.25) is 5.91 Å². The van der Waals surface area contributed by atoms with E-state index in [1.807, 2.05) is 0 Å². The van der Waals surface area contributed by atoms with E-state index in [-0.39, 0.29) is 6.42 Å². The van der Waals surface area contributed by atoms with Crippen LogP contribution in [0.3, 0.4) is 0 Å². The van der Waals surface area contributed by atoms with Gasteiger partial charge in [-0.15, -0.1) is 0 Å². The predicted octanol–water partition coefficient (Wildman–Crippen LogP) is -1.73. The number of nitrogens with one attached hydrogen (secondary N) is 2. The smallest absolute Gasteiger partial charge is 0.326 e. The normalized spacial score (nSPS) is 18.6. The molecule has 1 rings (SSSR count). The van der Waals surface area contributed by atoms with Crippen molar-refractivity contribution in [1.29, 1.82) is 0 Å². The summed E-state index contributed by atoms with van der Waals surface area (Å²) < 4.78 is 0. The summed E-state index contributed by atoms with van der Waals surface area (Å²) in [6, 6.07) is -1.97. The molecule has 1 fully saturated rings. The molecule has 0 saturated carbocycles. The van der Waals surface area contributed by atoms with Crippen molar-refractivity contribution in [3.05, 3.63) is 0 Å². The lowest BCUT2D eigenvalue weighted by Gasteiger charge is -2.17. The standard InChI is InChI=1S/C11H17N3O6/c1-11(2)9(19)14(10(20)13-11)5-7(16)12-6(3-4-15)8(17)18/h6,15H,3-5H2,1-2H3,(H,12,16)(H,13,20)(H,17,18)/t6-/m1/s1. The molecule has 1 saturated heterocycles. The topological polar surface area (TPSA) is 136 Å². The minimum absolute atomic E-state index is 0.160. The molecule has 0 bridgehead atoms. The van der Waals surface area contributed by atoms with Crippen molar-refractivity contribution in [2.24, 2.45) is 0 Å². The van der Waals surface area contributed by atoms with Gasteiger partial charge in [0.25, 0.3) is 5.91 Å². The summed E-state index contributed by atoms with van der Waals surface area (Å²) in [6.07, 6.45) is -0.160. The van der Waals surface area contributed by atoms with Crippen LogP contribution < -0.4 is 10.6 Å². The second-order valence-electron chi connectivity index (χ2n) is 4.92. The predicted molar refractivity (Wildman–Crippen MR) is 65.6 cm³/mol. The largest absolute Gasteiger partial charge is 0.480 e. The Morgan fingerprint density at radius 2 is 2.00 bits per heavy atom. The monoisotopic (exact) mass is 287 g/mol. The van der Waals surface area contributed by atoms with E-state index in [2.05, 4.69) is 10.6 Å². The molecule has 0 radical (unpaired) electrons. The second-order valence-corrected chi connectivity index (χ2v) is 4.92. The maximum atomic E-state index is 11.8. The van der Waals surface area contributed by atoms with Crippen LogP contribution in [0.25, 0.3) is 0 Å².